The lowest BCUT2D eigenvalue weighted by Crippen LogP contribution is -2.54. The lowest BCUT2D eigenvalue weighted by molar-refractivity contribution is -0.141. The molecule has 0 aromatic rings. The molecule has 0 spiro atoms. The molecule has 5 atom stereocenters. The van der Waals surface area contributed by atoms with Crippen LogP contribution in [0.25, 0.3) is 0 Å². The van der Waals surface area contributed by atoms with Crippen molar-refractivity contribution in [2.45, 2.75) is 65.5 Å². The standard InChI is InChI=1S/C16H28N2O3/c1-9(12-8-10-5-6-11(12)7-10)17-15(21)18-13(14(19)20)16(2,3)4/h9-13H,5-8H2,1-4H3,(H,19,20)(H2,17,18,21)/t9?,10?,11?,12?,13-/m1/s1. The van der Waals surface area contributed by atoms with Crippen molar-refractivity contribution >= 4 is 12.0 Å². The average molecular weight is 296 g/mol. The Morgan fingerprint density at radius 1 is 1.14 bits per heavy atom. The molecule has 0 aromatic carbocycles. The number of rotatable bonds is 4. The summed E-state index contributed by atoms with van der Waals surface area (Å²) in [5, 5.41) is 14.8. The van der Waals surface area contributed by atoms with Crippen LogP contribution in [0.2, 0.25) is 0 Å². The first kappa shape index (κ1) is 16.1. The zero-order valence-corrected chi connectivity index (χ0v) is 13.5. The number of nitrogens with one attached hydrogen (secondary N) is 2. The molecule has 0 aromatic heterocycles. The van der Waals surface area contributed by atoms with Gasteiger partial charge in [-0.05, 0) is 49.4 Å². The number of hydrogen-bond donors (Lipinski definition) is 3. The number of carboxylic acid groups (broad SMARTS) is 1. The lowest BCUT2D eigenvalue weighted by Gasteiger charge is -2.31. The first-order valence-electron chi connectivity index (χ1n) is 7.98. The van der Waals surface area contributed by atoms with Gasteiger partial charge in [0.2, 0.25) is 0 Å². The van der Waals surface area contributed by atoms with Crippen molar-refractivity contribution < 1.29 is 14.7 Å². The highest BCUT2D eigenvalue weighted by Gasteiger charge is 2.42. The van der Waals surface area contributed by atoms with E-state index in [1.165, 1.54) is 25.7 Å². The smallest absolute Gasteiger partial charge is 0.326 e. The van der Waals surface area contributed by atoms with Gasteiger partial charge in [-0.2, -0.15) is 0 Å². The SMILES string of the molecule is CC(NC(=O)N[C@H](C(=O)O)C(C)(C)C)C1CC2CCC1C2. The average Bonchev–Trinajstić information content (AvgIpc) is 2.96. The second-order valence-corrected chi connectivity index (χ2v) is 7.88. The third-order valence-corrected chi connectivity index (χ3v) is 5.18. The second kappa shape index (κ2) is 5.85. The largest absolute Gasteiger partial charge is 0.480 e. The lowest BCUT2D eigenvalue weighted by atomic mass is 9.84. The fourth-order valence-electron chi connectivity index (χ4n) is 4.04. The molecule has 2 aliphatic rings. The monoisotopic (exact) mass is 296 g/mol. The predicted molar refractivity (Wildman–Crippen MR) is 80.9 cm³/mol. The fourth-order valence-corrected chi connectivity index (χ4v) is 4.04. The van der Waals surface area contributed by atoms with Gasteiger partial charge in [0, 0.05) is 6.04 Å². The summed E-state index contributed by atoms with van der Waals surface area (Å²) in [5.41, 5.74) is -0.515. The van der Waals surface area contributed by atoms with Gasteiger partial charge in [-0.25, -0.2) is 9.59 Å². The molecular weight excluding hydrogens is 268 g/mol. The molecule has 0 aliphatic heterocycles. The molecule has 0 radical (unpaired) electrons. The van der Waals surface area contributed by atoms with Crippen LogP contribution in [-0.2, 0) is 4.79 Å². The summed E-state index contributed by atoms with van der Waals surface area (Å²) in [4.78, 5) is 23.4. The molecule has 21 heavy (non-hydrogen) atoms. The summed E-state index contributed by atoms with van der Waals surface area (Å²) in [7, 11) is 0. The number of carbonyl (C=O) groups is 2. The van der Waals surface area contributed by atoms with Crippen molar-refractivity contribution in [3.8, 4) is 0 Å². The van der Waals surface area contributed by atoms with Crippen molar-refractivity contribution in [3.63, 3.8) is 0 Å². The van der Waals surface area contributed by atoms with Crippen LogP contribution in [0.15, 0.2) is 0 Å². The van der Waals surface area contributed by atoms with E-state index in [4.69, 9.17) is 0 Å². The number of carboxylic acids is 1. The van der Waals surface area contributed by atoms with Crippen LogP contribution < -0.4 is 10.6 Å². The van der Waals surface area contributed by atoms with E-state index in [1.54, 1.807) is 0 Å². The minimum absolute atomic E-state index is 0.106. The molecule has 2 aliphatic carbocycles. The van der Waals surface area contributed by atoms with E-state index in [1.807, 2.05) is 27.7 Å². The predicted octanol–water partition coefficient (Wildman–Crippen LogP) is 2.61. The van der Waals surface area contributed by atoms with Gasteiger partial charge in [0.15, 0.2) is 0 Å². The van der Waals surface area contributed by atoms with E-state index in [0.717, 1.165) is 11.8 Å². The van der Waals surface area contributed by atoms with Gasteiger partial charge >= 0.3 is 12.0 Å². The van der Waals surface area contributed by atoms with Crippen LogP contribution in [0.5, 0.6) is 0 Å². The Hall–Kier alpha value is -1.26. The summed E-state index contributed by atoms with van der Waals surface area (Å²) < 4.78 is 0. The van der Waals surface area contributed by atoms with Gasteiger partial charge in [-0.15, -0.1) is 0 Å². The maximum atomic E-state index is 12.1. The molecule has 2 rings (SSSR count). The highest BCUT2D eigenvalue weighted by atomic mass is 16.4. The molecule has 5 heteroatoms. The highest BCUT2D eigenvalue weighted by Crippen LogP contribution is 2.49. The Morgan fingerprint density at radius 3 is 2.24 bits per heavy atom. The van der Waals surface area contributed by atoms with Crippen LogP contribution in [0.3, 0.4) is 0 Å². The molecule has 2 amide bonds. The maximum Gasteiger partial charge on any atom is 0.326 e. The van der Waals surface area contributed by atoms with Crippen LogP contribution in [-0.4, -0.2) is 29.2 Å². The van der Waals surface area contributed by atoms with Crippen LogP contribution in [0.1, 0.15) is 53.4 Å². The number of aliphatic carboxylic acids is 1. The number of amides is 2. The minimum Gasteiger partial charge on any atom is -0.480 e. The van der Waals surface area contributed by atoms with Crippen LogP contribution in [0.4, 0.5) is 4.79 Å². The highest BCUT2D eigenvalue weighted by molar-refractivity contribution is 5.83. The van der Waals surface area contributed by atoms with Gasteiger partial charge in [0.05, 0.1) is 0 Å². The molecule has 0 heterocycles. The Morgan fingerprint density at radius 2 is 1.81 bits per heavy atom. The van der Waals surface area contributed by atoms with E-state index in [-0.39, 0.29) is 12.1 Å². The molecule has 2 fully saturated rings. The van der Waals surface area contributed by atoms with Gasteiger partial charge in [0.25, 0.3) is 0 Å². The zero-order valence-electron chi connectivity index (χ0n) is 13.5. The number of carbonyl (C=O) groups excluding carboxylic acids is 1. The number of fused-ring (bicyclic) bond motifs is 2. The molecule has 0 saturated heterocycles. The molecule has 2 saturated carbocycles. The molecule has 2 bridgehead atoms. The van der Waals surface area contributed by atoms with Crippen molar-refractivity contribution in [1.29, 1.82) is 0 Å². The first-order valence-corrected chi connectivity index (χ1v) is 7.98. The van der Waals surface area contributed by atoms with Gasteiger partial charge in [-0.1, -0.05) is 27.2 Å². The van der Waals surface area contributed by atoms with E-state index < -0.39 is 17.4 Å². The quantitative estimate of drug-likeness (QED) is 0.746. The summed E-state index contributed by atoms with van der Waals surface area (Å²) in [5.74, 6) is 1.13. The molecule has 3 N–H and O–H groups in total. The number of hydrogen-bond acceptors (Lipinski definition) is 2. The Labute approximate surface area is 126 Å². The Balaban J connectivity index is 1.87. The Bertz CT molecular complexity index is 416. The van der Waals surface area contributed by atoms with Crippen LogP contribution in [0, 0.1) is 23.2 Å². The summed E-state index contributed by atoms with van der Waals surface area (Å²) in [6, 6.07) is -1.15. The Kier molecular flexibility index (Phi) is 4.49. The van der Waals surface area contributed by atoms with Crippen molar-refractivity contribution in [2.24, 2.45) is 23.2 Å². The van der Waals surface area contributed by atoms with E-state index in [9.17, 15) is 14.7 Å². The summed E-state index contributed by atoms with van der Waals surface area (Å²) in [6.07, 6.45) is 5.12. The van der Waals surface area contributed by atoms with Crippen molar-refractivity contribution in [3.05, 3.63) is 0 Å². The first-order chi connectivity index (χ1) is 9.68. The van der Waals surface area contributed by atoms with E-state index >= 15 is 0 Å². The third kappa shape index (κ3) is 3.69. The minimum atomic E-state index is -0.995. The summed E-state index contributed by atoms with van der Waals surface area (Å²) >= 11 is 0. The molecule has 4 unspecified atom stereocenters. The summed E-state index contributed by atoms with van der Waals surface area (Å²) in [6.45, 7) is 7.47. The van der Waals surface area contributed by atoms with Gasteiger partial charge in [0.1, 0.15) is 6.04 Å². The second-order valence-electron chi connectivity index (χ2n) is 7.88. The van der Waals surface area contributed by atoms with Crippen molar-refractivity contribution in [1.82, 2.24) is 10.6 Å². The molecule has 120 valence electrons. The van der Waals surface area contributed by atoms with E-state index in [2.05, 4.69) is 10.6 Å². The fraction of sp³-hybridized carbons (Fsp3) is 0.875. The van der Waals surface area contributed by atoms with Crippen LogP contribution >= 0.6 is 0 Å². The maximum absolute atomic E-state index is 12.1. The number of urea groups is 1. The van der Waals surface area contributed by atoms with Crippen molar-refractivity contribution in [2.75, 3.05) is 0 Å². The molecule has 5 nitrogen and oxygen atoms in total. The van der Waals surface area contributed by atoms with Gasteiger partial charge < -0.3 is 15.7 Å². The third-order valence-electron chi connectivity index (χ3n) is 5.18. The zero-order chi connectivity index (χ0) is 15.8. The molecular formula is C16H28N2O3. The topological polar surface area (TPSA) is 78.4 Å². The van der Waals surface area contributed by atoms with Gasteiger partial charge in [-0.3, -0.25) is 0 Å². The van der Waals surface area contributed by atoms with E-state index in [0.29, 0.717) is 5.92 Å². The normalized spacial score (nSPS) is 30.8.